The Balaban J connectivity index is 1.30. The minimum atomic E-state index is 0.300. The summed E-state index contributed by atoms with van der Waals surface area (Å²) in [5.74, 6) is 1.60. The van der Waals surface area contributed by atoms with Crippen LogP contribution < -0.4 is 20.1 Å². The molecular formula is C18H18N2O2S. The van der Waals surface area contributed by atoms with Gasteiger partial charge < -0.3 is 20.1 Å². The van der Waals surface area contributed by atoms with Crippen LogP contribution in [0.5, 0.6) is 11.5 Å². The summed E-state index contributed by atoms with van der Waals surface area (Å²) < 4.78 is 10.7. The third-order valence-corrected chi connectivity index (χ3v) is 4.54. The Kier molecular flexibility index (Phi) is 3.79. The Morgan fingerprint density at radius 2 is 1.78 bits per heavy atom. The van der Waals surface area contributed by atoms with Crippen molar-refractivity contribution in [3.05, 3.63) is 59.2 Å². The summed E-state index contributed by atoms with van der Waals surface area (Å²) in [6, 6.07) is 14.9. The summed E-state index contributed by atoms with van der Waals surface area (Å²) >= 11 is 5.42. The van der Waals surface area contributed by atoms with Crippen molar-refractivity contribution in [2.24, 2.45) is 0 Å². The minimum Gasteiger partial charge on any atom is -0.454 e. The highest BCUT2D eigenvalue weighted by atomic mass is 32.1. The first-order chi connectivity index (χ1) is 11.3. The van der Waals surface area contributed by atoms with Crippen LogP contribution in [0, 0.1) is 0 Å². The van der Waals surface area contributed by atoms with Crippen molar-refractivity contribution in [3.8, 4) is 11.5 Å². The van der Waals surface area contributed by atoms with E-state index in [1.54, 1.807) is 0 Å². The van der Waals surface area contributed by atoms with Crippen LogP contribution in [0.1, 0.15) is 16.7 Å². The first kappa shape index (κ1) is 14.3. The van der Waals surface area contributed by atoms with E-state index in [2.05, 4.69) is 34.9 Å². The highest BCUT2D eigenvalue weighted by Crippen LogP contribution is 2.32. The van der Waals surface area contributed by atoms with Gasteiger partial charge in [-0.25, -0.2) is 0 Å². The topological polar surface area (TPSA) is 42.5 Å². The molecule has 5 heteroatoms. The Morgan fingerprint density at radius 1 is 1.04 bits per heavy atom. The van der Waals surface area contributed by atoms with E-state index in [0.717, 1.165) is 29.9 Å². The molecule has 0 bridgehead atoms. The Bertz CT molecular complexity index is 723. The monoisotopic (exact) mass is 326 g/mol. The zero-order chi connectivity index (χ0) is 15.6. The summed E-state index contributed by atoms with van der Waals surface area (Å²) in [6.07, 6.45) is 2.06. The van der Waals surface area contributed by atoms with Gasteiger partial charge in [-0.3, -0.25) is 0 Å². The fraction of sp³-hybridized carbons (Fsp3) is 0.278. The van der Waals surface area contributed by atoms with E-state index in [0.29, 0.717) is 24.5 Å². The molecule has 0 radical (unpaired) electrons. The van der Waals surface area contributed by atoms with Gasteiger partial charge in [-0.15, -0.1) is 0 Å². The molecule has 0 atom stereocenters. The minimum absolute atomic E-state index is 0.300. The molecule has 4 rings (SSSR count). The predicted octanol–water partition coefficient (Wildman–Crippen LogP) is 2.55. The highest BCUT2D eigenvalue weighted by molar-refractivity contribution is 7.80. The van der Waals surface area contributed by atoms with Gasteiger partial charge in [0.15, 0.2) is 16.6 Å². The molecule has 0 aromatic heterocycles. The maximum atomic E-state index is 5.42. The number of hydrogen-bond donors (Lipinski definition) is 2. The lowest BCUT2D eigenvalue weighted by Gasteiger charge is -2.16. The molecule has 2 aromatic rings. The summed E-state index contributed by atoms with van der Waals surface area (Å²) in [4.78, 5) is 0. The molecule has 0 saturated heterocycles. The van der Waals surface area contributed by atoms with E-state index in [1.807, 2.05) is 18.2 Å². The van der Waals surface area contributed by atoms with E-state index in [4.69, 9.17) is 21.7 Å². The molecule has 0 saturated carbocycles. The van der Waals surface area contributed by atoms with Crippen molar-refractivity contribution in [1.82, 2.24) is 10.6 Å². The van der Waals surface area contributed by atoms with Crippen LogP contribution in [-0.2, 0) is 19.4 Å². The predicted molar refractivity (Wildman–Crippen MR) is 92.8 cm³/mol. The Hall–Kier alpha value is -2.27. The van der Waals surface area contributed by atoms with Gasteiger partial charge in [-0.1, -0.05) is 30.3 Å². The molecule has 118 valence electrons. The lowest BCUT2D eigenvalue weighted by atomic mass is 10.1. The zero-order valence-electron chi connectivity index (χ0n) is 12.7. The fourth-order valence-electron chi connectivity index (χ4n) is 3.13. The molecule has 1 aliphatic carbocycles. The second-order valence-corrected chi connectivity index (χ2v) is 6.30. The third kappa shape index (κ3) is 3.10. The SMILES string of the molecule is S=C(NCc1ccc2c(c1)OCO2)NC1Cc2ccccc2C1. The molecule has 1 aliphatic heterocycles. The van der Waals surface area contributed by atoms with Crippen LogP contribution in [0.3, 0.4) is 0 Å². The van der Waals surface area contributed by atoms with Crippen molar-refractivity contribution >= 4 is 17.3 Å². The van der Waals surface area contributed by atoms with Crippen molar-refractivity contribution < 1.29 is 9.47 Å². The zero-order valence-corrected chi connectivity index (χ0v) is 13.5. The number of hydrogen-bond acceptors (Lipinski definition) is 3. The number of ether oxygens (including phenoxy) is 2. The molecule has 0 spiro atoms. The Labute approximate surface area is 140 Å². The van der Waals surface area contributed by atoms with Gasteiger partial charge in [0.25, 0.3) is 0 Å². The van der Waals surface area contributed by atoms with E-state index in [9.17, 15) is 0 Å². The fourth-order valence-corrected chi connectivity index (χ4v) is 3.37. The van der Waals surface area contributed by atoms with E-state index in [-0.39, 0.29) is 0 Å². The largest absolute Gasteiger partial charge is 0.454 e. The summed E-state index contributed by atoms with van der Waals surface area (Å²) in [5, 5.41) is 7.38. The van der Waals surface area contributed by atoms with E-state index in [1.165, 1.54) is 11.1 Å². The molecule has 2 aliphatic rings. The number of fused-ring (bicyclic) bond motifs is 2. The Morgan fingerprint density at radius 3 is 2.57 bits per heavy atom. The van der Waals surface area contributed by atoms with Gasteiger partial charge in [0.2, 0.25) is 6.79 Å². The van der Waals surface area contributed by atoms with Gasteiger partial charge in [-0.05, 0) is 53.9 Å². The summed E-state index contributed by atoms with van der Waals surface area (Å²) in [5.41, 5.74) is 3.96. The molecule has 0 fully saturated rings. The van der Waals surface area contributed by atoms with Gasteiger partial charge in [0, 0.05) is 12.6 Å². The van der Waals surface area contributed by atoms with E-state index >= 15 is 0 Å². The second-order valence-electron chi connectivity index (χ2n) is 5.89. The van der Waals surface area contributed by atoms with Crippen LogP contribution >= 0.6 is 12.2 Å². The summed E-state index contributed by atoms with van der Waals surface area (Å²) in [6.45, 7) is 0.969. The standard InChI is InChI=1S/C18H18N2O2S/c23-18(20-15-8-13-3-1-2-4-14(13)9-15)19-10-12-5-6-16-17(7-12)22-11-21-16/h1-7,15H,8-11H2,(H2,19,20,23). The number of nitrogens with one attached hydrogen (secondary N) is 2. The van der Waals surface area contributed by atoms with Crippen molar-refractivity contribution in [1.29, 1.82) is 0 Å². The van der Waals surface area contributed by atoms with Crippen molar-refractivity contribution in [2.45, 2.75) is 25.4 Å². The maximum absolute atomic E-state index is 5.42. The molecule has 1 heterocycles. The summed E-state index contributed by atoms with van der Waals surface area (Å²) in [7, 11) is 0. The van der Waals surface area contributed by atoms with Gasteiger partial charge in [-0.2, -0.15) is 0 Å². The maximum Gasteiger partial charge on any atom is 0.231 e. The van der Waals surface area contributed by atoms with Gasteiger partial charge in [0.05, 0.1) is 0 Å². The smallest absolute Gasteiger partial charge is 0.231 e. The van der Waals surface area contributed by atoms with Gasteiger partial charge in [0.1, 0.15) is 0 Å². The second kappa shape index (κ2) is 6.08. The molecule has 0 unspecified atom stereocenters. The number of benzene rings is 2. The normalized spacial score (nSPS) is 15.3. The average molecular weight is 326 g/mol. The molecular weight excluding hydrogens is 308 g/mol. The van der Waals surface area contributed by atoms with Crippen LogP contribution in [0.25, 0.3) is 0 Å². The van der Waals surface area contributed by atoms with E-state index < -0.39 is 0 Å². The number of rotatable bonds is 3. The van der Waals surface area contributed by atoms with Crippen LogP contribution in [0.2, 0.25) is 0 Å². The molecule has 0 amide bonds. The number of thiocarbonyl (C=S) groups is 1. The first-order valence-electron chi connectivity index (χ1n) is 7.77. The molecule has 2 aromatic carbocycles. The van der Waals surface area contributed by atoms with Crippen LogP contribution in [0.4, 0.5) is 0 Å². The van der Waals surface area contributed by atoms with Crippen molar-refractivity contribution in [3.63, 3.8) is 0 Å². The van der Waals surface area contributed by atoms with Gasteiger partial charge >= 0.3 is 0 Å². The lowest BCUT2D eigenvalue weighted by molar-refractivity contribution is 0.174. The highest BCUT2D eigenvalue weighted by Gasteiger charge is 2.21. The average Bonchev–Trinajstić information content (AvgIpc) is 3.18. The molecule has 2 N–H and O–H groups in total. The molecule has 4 nitrogen and oxygen atoms in total. The third-order valence-electron chi connectivity index (χ3n) is 4.28. The van der Waals surface area contributed by atoms with Crippen molar-refractivity contribution in [2.75, 3.05) is 6.79 Å². The first-order valence-corrected chi connectivity index (χ1v) is 8.18. The van der Waals surface area contributed by atoms with Crippen LogP contribution in [-0.4, -0.2) is 17.9 Å². The molecule has 23 heavy (non-hydrogen) atoms. The lowest BCUT2D eigenvalue weighted by Crippen LogP contribution is -2.42. The quantitative estimate of drug-likeness (QED) is 0.849. The van der Waals surface area contributed by atoms with Crippen LogP contribution in [0.15, 0.2) is 42.5 Å².